The van der Waals surface area contributed by atoms with Crippen LogP contribution in [0.15, 0.2) is 42.6 Å². The summed E-state index contributed by atoms with van der Waals surface area (Å²) in [5.41, 5.74) is 3.27. The Morgan fingerprint density at radius 3 is 2.90 bits per heavy atom. The van der Waals surface area contributed by atoms with Crippen LogP contribution in [0.2, 0.25) is 0 Å². The molecule has 102 valence electrons. The van der Waals surface area contributed by atoms with Crippen molar-refractivity contribution in [2.75, 3.05) is 4.90 Å². The van der Waals surface area contributed by atoms with E-state index in [0.717, 1.165) is 18.7 Å². The molecule has 1 unspecified atom stereocenters. The Balaban J connectivity index is 2.09. The fourth-order valence-electron chi connectivity index (χ4n) is 2.81. The Morgan fingerprint density at radius 1 is 1.30 bits per heavy atom. The Kier molecular flexibility index (Phi) is 3.26. The minimum atomic E-state index is 0.0756. The van der Waals surface area contributed by atoms with Crippen molar-refractivity contribution in [3.63, 3.8) is 0 Å². The monoisotopic (exact) mass is 266 g/mol. The number of pyridine rings is 1. The molecular formula is C17H18N2O. The van der Waals surface area contributed by atoms with Gasteiger partial charge in [-0.1, -0.05) is 18.2 Å². The summed E-state index contributed by atoms with van der Waals surface area (Å²) in [6, 6.07) is 12.5. The normalized spacial score (nSPS) is 17.7. The second-order valence-electron chi connectivity index (χ2n) is 5.35. The number of hydrogen-bond acceptors (Lipinski definition) is 3. The number of Topliss-reactive ketones (excluding diaryl/α,β-unsaturated/α-hetero) is 1. The van der Waals surface area contributed by atoms with Crippen molar-refractivity contribution in [2.45, 2.75) is 32.7 Å². The molecule has 3 rings (SSSR count). The van der Waals surface area contributed by atoms with Crippen LogP contribution in [0, 0.1) is 0 Å². The van der Waals surface area contributed by atoms with E-state index in [-0.39, 0.29) is 5.78 Å². The fourth-order valence-corrected chi connectivity index (χ4v) is 2.81. The molecule has 2 aromatic rings. The lowest BCUT2D eigenvalue weighted by atomic mass is 9.96. The fraction of sp³-hybridized carbons (Fsp3) is 0.294. The SMILES string of the molecule is CC(=O)c1ccnc(N2c3ccccc3CCC2C)c1. The van der Waals surface area contributed by atoms with Crippen LogP contribution in [0.25, 0.3) is 0 Å². The lowest BCUT2D eigenvalue weighted by Gasteiger charge is -2.36. The Morgan fingerprint density at radius 2 is 2.10 bits per heavy atom. The molecule has 0 spiro atoms. The molecule has 3 heteroatoms. The summed E-state index contributed by atoms with van der Waals surface area (Å²) in [4.78, 5) is 18.3. The van der Waals surface area contributed by atoms with Crippen molar-refractivity contribution in [1.29, 1.82) is 0 Å². The number of benzene rings is 1. The molecule has 0 amide bonds. The standard InChI is InChI=1S/C17H18N2O/c1-12-7-8-14-5-3-4-6-16(14)19(12)17-11-15(13(2)20)9-10-18-17/h3-6,9-12H,7-8H2,1-2H3. The molecule has 1 aliphatic rings. The maximum atomic E-state index is 11.6. The summed E-state index contributed by atoms with van der Waals surface area (Å²) in [5.74, 6) is 0.934. The lowest BCUT2D eigenvalue weighted by molar-refractivity contribution is 0.101. The first kappa shape index (κ1) is 12.9. The highest BCUT2D eigenvalue weighted by Gasteiger charge is 2.25. The summed E-state index contributed by atoms with van der Waals surface area (Å²) in [7, 11) is 0. The van der Waals surface area contributed by atoms with E-state index in [9.17, 15) is 4.79 Å². The third-order valence-corrected chi connectivity index (χ3v) is 3.92. The Labute approximate surface area is 119 Å². The number of para-hydroxylation sites is 1. The minimum absolute atomic E-state index is 0.0756. The van der Waals surface area contributed by atoms with Crippen molar-refractivity contribution in [1.82, 2.24) is 4.98 Å². The predicted molar refractivity (Wildman–Crippen MR) is 80.6 cm³/mol. The van der Waals surface area contributed by atoms with Gasteiger partial charge in [0.2, 0.25) is 0 Å². The maximum absolute atomic E-state index is 11.6. The van der Waals surface area contributed by atoms with Gasteiger partial charge in [0.15, 0.2) is 5.78 Å². The van der Waals surface area contributed by atoms with Crippen LogP contribution in [-0.4, -0.2) is 16.8 Å². The number of aryl methyl sites for hydroxylation is 1. The van der Waals surface area contributed by atoms with Crippen molar-refractivity contribution < 1.29 is 4.79 Å². The highest BCUT2D eigenvalue weighted by atomic mass is 16.1. The molecule has 1 aliphatic heterocycles. The molecule has 1 aromatic heterocycles. The lowest BCUT2D eigenvalue weighted by Crippen LogP contribution is -2.33. The third-order valence-electron chi connectivity index (χ3n) is 3.92. The molecule has 0 fully saturated rings. The maximum Gasteiger partial charge on any atom is 0.159 e. The first-order chi connectivity index (χ1) is 9.66. The molecule has 1 aromatic carbocycles. The van der Waals surface area contributed by atoms with E-state index in [2.05, 4.69) is 41.1 Å². The van der Waals surface area contributed by atoms with Crippen molar-refractivity contribution in [3.05, 3.63) is 53.7 Å². The van der Waals surface area contributed by atoms with Crippen LogP contribution in [0.1, 0.15) is 36.2 Å². The minimum Gasteiger partial charge on any atom is -0.323 e. The van der Waals surface area contributed by atoms with Crippen molar-refractivity contribution >= 4 is 17.3 Å². The van der Waals surface area contributed by atoms with Gasteiger partial charge in [0, 0.05) is 23.5 Å². The van der Waals surface area contributed by atoms with Gasteiger partial charge in [0.25, 0.3) is 0 Å². The molecule has 3 nitrogen and oxygen atoms in total. The summed E-state index contributed by atoms with van der Waals surface area (Å²) in [6.07, 6.45) is 3.92. The average Bonchev–Trinajstić information content (AvgIpc) is 2.47. The molecule has 0 saturated carbocycles. The van der Waals surface area contributed by atoms with Gasteiger partial charge < -0.3 is 4.90 Å². The van der Waals surface area contributed by atoms with E-state index in [0.29, 0.717) is 11.6 Å². The zero-order chi connectivity index (χ0) is 14.1. The third kappa shape index (κ3) is 2.20. The Bertz CT molecular complexity index is 651. The van der Waals surface area contributed by atoms with Gasteiger partial charge in [0.05, 0.1) is 0 Å². The van der Waals surface area contributed by atoms with Gasteiger partial charge in [0.1, 0.15) is 5.82 Å². The van der Waals surface area contributed by atoms with E-state index < -0.39 is 0 Å². The molecule has 0 saturated heterocycles. The van der Waals surface area contributed by atoms with Gasteiger partial charge in [-0.3, -0.25) is 4.79 Å². The van der Waals surface area contributed by atoms with E-state index in [1.165, 1.54) is 11.3 Å². The van der Waals surface area contributed by atoms with Gasteiger partial charge in [-0.25, -0.2) is 4.98 Å². The highest BCUT2D eigenvalue weighted by molar-refractivity contribution is 5.94. The number of nitrogens with zero attached hydrogens (tertiary/aromatic N) is 2. The van der Waals surface area contributed by atoms with Gasteiger partial charge in [-0.2, -0.15) is 0 Å². The van der Waals surface area contributed by atoms with E-state index in [4.69, 9.17) is 0 Å². The zero-order valence-corrected chi connectivity index (χ0v) is 11.8. The Hall–Kier alpha value is -2.16. The van der Waals surface area contributed by atoms with Crippen LogP contribution in [0.5, 0.6) is 0 Å². The summed E-state index contributed by atoms with van der Waals surface area (Å²) in [6.45, 7) is 3.80. The summed E-state index contributed by atoms with van der Waals surface area (Å²) in [5, 5.41) is 0. The van der Waals surface area contributed by atoms with Crippen LogP contribution >= 0.6 is 0 Å². The van der Waals surface area contributed by atoms with Gasteiger partial charge in [-0.05, 0) is 50.5 Å². The van der Waals surface area contributed by atoms with Gasteiger partial charge >= 0.3 is 0 Å². The number of carbonyl (C=O) groups is 1. The smallest absolute Gasteiger partial charge is 0.159 e. The molecule has 0 N–H and O–H groups in total. The summed E-state index contributed by atoms with van der Waals surface area (Å²) < 4.78 is 0. The molecule has 2 heterocycles. The first-order valence-electron chi connectivity index (χ1n) is 7.01. The quantitative estimate of drug-likeness (QED) is 0.776. The first-order valence-corrected chi connectivity index (χ1v) is 7.01. The number of hydrogen-bond donors (Lipinski definition) is 0. The van der Waals surface area contributed by atoms with Crippen LogP contribution in [-0.2, 0) is 6.42 Å². The molecule has 0 radical (unpaired) electrons. The van der Waals surface area contributed by atoms with E-state index in [1.54, 1.807) is 19.2 Å². The van der Waals surface area contributed by atoms with Crippen LogP contribution in [0.3, 0.4) is 0 Å². The van der Waals surface area contributed by atoms with Gasteiger partial charge in [-0.15, -0.1) is 0 Å². The van der Waals surface area contributed by atoms with Crippen LogP contribution < -0.4 is 4.90 Å². The van der Waals surface area contributed by atoms with E-state index >= 15 is 0 Å². The molecular weight excluding hydrogens is 248 g/mol. The molecule has 0 aliphatic carbocycles. The molecule has 1 atom stereocenters. The van der Waals surface area contributed by atoms with E-state index in [1.807, 2.05) is 6.07 Å². The second kappa shape index (κ2) is 5.08. The number of rotatable bonds is 2. The van der Waals surface area contributed by atoms with Crippen LogP contribution in [0.4, 0.5) is 11.5 Å². The number of fused-ring (bicyclic) bond motifs is 1. The van der Waals surface area contributed by atoms with Crippen molar-refractivity contribution in [3.8, 4) is 0 Å². The zero-order valence-electron chi connectivity index (χ0n) is 11.8. The number of anilines is 2. The number of ketones is 1. The van der Waals surface area contributed by atoms with Crippen molar-refractivity contribution in [2.24, 2.45) is 0 Å². The summed E-state index contributed by atoms with van der Waals surface area (Å²) >= 11 is 0. The molecule has 0 bridgehead atoms. The molecule has 20 heavy (non-hydrogen) atoms. The second-order valence-corrected chi connectivity index (χ2v) is 5.35. The number of carbonyl (C=O) groups excluding carboxylic acids is 1. The number of aromatic nitrogens is 1. The highest BCUT2D eigenvalue weighted by Crippen LogP contribution is 2.35. The average molecular weight is 266 g/mol. The topological polar surface area (TPSA) is 33.2 Å². The predicted octanol–water partition coefficient (Wildman–Crippen LogP) is 3.76. The largest absolute Gasteiger partial charge is 0.323 e.